The number of amides is 1. The molecule has 0 bridgehead atoms. The van der Waals surface area contributed by atoms with Crippen LogP contribution < -0.4 is 0 Å². The van der Waals surface area contributed by atoms with Gasteiger partial charge in [0.25, 0.3) is 5.91 Å². The number of hydrogen-bond donors (Lipinski definition) is 2. The number of hydrogen-bond acceptors (Lipinski definition) is 5. The number of para-hydroxylation sites is 1. The highest BCUT2D eigenvalue weighted by molar-refractivity contribution is 9.10. The molecule has 2 aromatic carbocycles. The van der Waals surface area contributed by atoms with Gasteiger partial charge in [0.05, 0.1) is 11.0 Å². The average Bonchev–Trinajstić information content (AvgIpc) is 3.14. The minimum Gasteiger partial charge on any atom is -0.493 e. The van der Waals surface area contributed by atoms with Gasteiger partial charge in [-0.1, -0.05) is 33.3 Å². The van der Waals surface area contributed by atoms with Crippen LogP contribution in [0.4, 0.5) is 5.69 Å². The Morgan fingerprint density at radius 1 is 1.28 bits per heavy atom. The molecule has 4 rings (SSSR count). The third kappa shape index (κ3) is 2.89. The highest BCUT2D eigenvalue weighted by Crippen LogP contribution is 2.36. The molecular weight excluding hydrogens is 388 g/mol. The standard InChI is InChI=1S/C16H11BrN6O2/c17-9-5-6-11-10(7-9)15(16(25)18-11)21-20-14(24)8-23-13-4-2-1-3-12(13)19-22-23/h1-7,18,25H,8H2. The fraction of sp³-hybridized carbons (Fsp3) is 0.0625. The zero-order chi connectivity index (χ0) is 17.4. The second kappa shape index (κ2) is 6.10. The van der Waals surface area contributed by atoms with E-state index in [1.165, 1.54) is 4.68 Å². The number of H-pyrrole nitrogens is 1. The van der Waals surface area contributed by atoms with Crippen molar-refractivity contribution >= 4 is 49.5 Å². The number of aromatic hydroxyl groups is 1. The molecule has 0 atom stereocenters. The number of benzene rings is 2. The average molecular weight is 399 g/mol. The van der Waals surface area contributed by atoms with Gasteiger partial charge in [0.1, 0.15) is 12.1 Å². The predicted molar refractivity (Wildman–Crippen MR) is 94.7 cm³/mol. The van der Waals surface area contributed by atoms with Gasteiger partial charge in [0, 0.05) is 9.86 Å². The fourth-order valence-electron chi connectivity index (χ4n) is 2.54. The van der Waals surface area contributed by atoms with E-state index in [1.54, 1.807) is 12.1 Å². The van der Waals surface area contributed by atoms with Crippen molar-refractivity contribution < 1.29 is 9.90 Å². The van der Waals surface area contributed by atoms with E-state index in [2.05, 4.69) is 41.5 Å². The minimum absolute atomic E-state index is 0.0865. The Morgan fingerprint density at radius 2 is 2.12 bits per heavy atom. The minimum atomic E-state index is -0.501. The van der Waals surface area contributed by atoms with Crippen LogP contribution in [0.1, 0.15) is 0 Å². The van der Waals surface area contributed by atoms with Crippen molar-refractivity contribution in [1.29, 1.82) is 0 Å². The Morgan fingerprint density at radius 3 is 3.00 bits per heavy atom. The second-order valence-corrected chi connectivity index (χ2v) is 6.26. The van der Waals surface area contributed by atoms with Crippen LogP contribution in [-0.2, 0) is 11.3 Å². The molecule has 2 N–H and O–H groups in total. The zero-order valence-electron chi connectivity index (χ0n) is 12.7. The van der Waals surface area contributed by atoms with Crippen molar-refractivity contribution in [1.82, 2.24) is 20.0 Å². The first-order chi connectivity index (χ1) is 12.1. The molecule has 25 heavy (non-hydrogen) atoms. The molecule has 0 spiro atoms. The molecular formula is C16H11BrN6O2. The molecule has 8 nitrogen and oxygen atoms in total. The first-order valence-electron chi connectivity index (χ1n) is 7.35. The molecule has 0 saturated heterocycles. The van der Waals surface area contributed by atoms with E-state index < -0.39 is 5.91 Å². The van der Waals surface area contributed by atoms with Crippen molar-refractivity contribution in [2.75, 3.05) is 0 Å². The van der Waals surface area contributed by atoms with Gasteiger partial charge in [0.15, 0.2) is 5.69 Å². The topological polar surface area (TPSA) is 109 Å². The summed E-state index contributed by atoms with van der Waals surface area (Å²) in [6, 6.07) is 12.7. The molecule has 0 radical (unpaired) electrons. The van der Waals surface area contributed by atoms with Crippen LogP contribution in [0.2, 0.25) is 0 Å². The number of halogens is 1. The molecule has 0 unspecified atom stereocenters. The largest absolute Gasteiger partial charge is 0.493 e. The van der Waals surface area contributed by atoms with Crippen molar-refractivity contribution in [3.05, 3.63) is 46.9 Å². The van der Waals surface area contributed by atoms with Crippen LogP contribution >= 0.6 is 15.9 Å². The number of rotatable bonds is 3. The summed E-state index contributed by atoms with van der Waals surface area (Å²) in [5.41, 5.74) is 2.36. The highest BCUT2D eigenvalue weighted by Gasteiger charge is 2.12. The second-order valence-electron chi connectivity index (χ2n) is 5.34. The van der Waals surface area contributed by atoms with Gasteiger partial charge in [0.2, 0.25) is 5.88 Å². The first kappa shape index (κ1) is 15.5. The van der Waals surface area contributed by atoms with Crippen molar-refractivity contribution in [3.8, 4) is 5.88 Å². The number of carbonyl (C=O) groups is 1. The van der Waals surface area contributed by atoms with Crippen molar-refractivity contribution in [3.63, 3.8) is 0 Å². The molecule has 0 aliphatic rings. The van der Waals surface area contributed by atoms with Gasteiger partial charge in [-0.3, -0.25) is 4.79 Å². The van der Waals surface area contributed by atoms with Gasteiger partial charge < -0.3 is 10.1 Å². The molecule has 0 aliphatic carbocycles. The molecule has 0 saturated carbocycles. The number of nitrogens with one attached hydrogen (secondary N) is 1. The molecule has 0 aliphatic heterocycles. The molecule has 9 heteroatoms. The van der Waals surface area contributed by atoms with Crippen LogP contribution in [0.3, 0.4) is 0 Å². The van der Waals surface area contributed by atoms with Crippen LogP contribution in [0.15, 0.2) is 57.2 Å². The lowest BCUT2D eigenvalue weighted by molar-refractivity contribution is -0.119. The summed E-state index contributed by atoms with van der Waals surface area (Å²) in [5.74, 6) is -0.643. The number of aromatic nitrogens is 4. The lowest BCUT2D eigenvalue weighted by atomic mass is 10.2. The van der Waals surface area contributed by atoms with Gasteiger partial charge in [-0.2, -0.15) is 0 Å². The summed E-state index contributed by atoms with van der Waals surface area (Å²) < 4.78 is 2.29. The Balaban J connectivity index is 1.60. The zero-order valence-corrected chi connectivity index (χ0v) is 14.3. The van der Waals surface area contributed by atoms with Gasteiger partial charge in [-0.05, 0) is 30.3 Å². The monoisotopic (exact) mass is 398 g/mol. The van der Waals surface area contributed by atoms with Gasteiger partial charge >= 0.3 is 0 Å². The molecule has 2 aromatic heterocycles. The van der Waals surface area contributed by atoms with E-state index in [0.717, 1.165) is 9.99 Å². The summed E-state index contributed by atoms with van der Waals surface area (Å²) >= 11 is 3.37. The summed E-state index contributed by atoms with van der Waals surface area (Å²) in [6.45, 7) is -0.0865. The van der Waals surface area contributed by atoms with E-state index in [4.69, 9.17) is 0 Å². The van der Waals surface area contributed by atoms with Crippen LogP contribution in [0.5, 0.6) is 5.88 Å². The van der Waals surface area contributed by atoms with E-state index >= 15 is 0 Å². The summed E-state index contributed by atoms with van der Waals surface area (Å²) in [6.07, 6.45) is 0. The van der Waals surface area contributed by atoms with Crippen LogP contribution in [0, 0.1) is 0 Å². The molecule has 1 amide bonds. The number of nitrogens with zero attached hydrogens (tertiary/aromatic N) is 5. The summed E-state index contributed by atoms with van der Waals surface area (Å²) in [4.78, 5) is 14.9. The van der Waals surface area contributed by atoms with E-state index in [1.807, 2.05) is 30.3 Å². The van der Waals surface area contributed by atoms with Crippen LogP contribution in [-0.4, -0.2) is 31.0 Å². The Bertz CT molecular complexity index is 1130. The van der Waals surface area contributed by atoms with Crippen LogP contribution in [0.25, 0.3) is 21.9 Å². The van der Waals surface area contributed by atoms with Gasteiger partial charge in [-0.25, -0.2) is 4.68 Å². The predicted octanol–water partition coefficient (Wildman–Crippen LogP) is 3.69. The van der Waals surface area contributed by atoms with E-state index in [-0.39, 0.29) is 18.1 Å². The normalized spacial score (nSPS) is 11.7. The number of aromatic amines is 1. The summed E-state index contributed by atoms with van der Waals surface area (Å²) in [5, 5.41) is 26.2. The Kier molecular flexibility index (Phi) is 3.77. The SMILES string of the molecule is O=C(Cn1nnc2ccccc21)N=Nc1c(O)[nH]c2ccc(Br)cc12. The lowest BCUT2D eigenvalue weighted by Crippen LogP contribution is -2.08. The maximum Gasteiger partial charge on any atom is 0.286 e. The lowest BCUT2D eigenvalue weighted by Gasteiger charge is -1.97. The molecule has 2 heterocycles. The Labute approximate surface area is 149 Å². The molecule has 4 aromatic rings. The van der Waals surface area contributed by atoms with E-state index in [0.29, 0.717) is 16.4 Å². The van der Waals surface area contributed by atoms with Crippen molar-refractivity contribution in [2.45, 2.75) is 6.54 Å². The number of fused-ring (bicyclic) bond motifs is 2. The smallest absolute Gasteiger partial charge is 0.286 e. The number of azo groups is 1. The maximum absolute atomic E-state index is 12.1. The number of carbonyl (C=O) groups excluding carboxylic acids is 1. The van der Waals surface area contributed by atoms with E-state index in [9.17, 15) is 9.90 Å². The molecule has 0 fully saturated rings. The third-order valence-electron chi connectivity index (χ3n) is 3.68. The highest BCUT2D eigenvalue weighted by atomic mass is 79.9. The van der Waals surface area contributed by atoms with Crippen molar-refractivity contribution in [2.24, 2.45) is 10.2 Å². The summed E-state index contributed by atoms with van der Waals surface area (Å²) in [7, 11) is 0. The fourth-order valence-corrected chi connectivity index (χ4v) is 2.90. The molecule has 124 valence electrons. The maximum atomic E-state index is 12.1. The first-order valence-corrected chi connectivity index (χ1v) is 8.14. The third-order valence-corrected chi connectivity index (χ3v) is 4.17. The Hall–Kier alpha value is -3.07. The van der Waals surface area contributed by atoms with Gasteiger partial charge in [-0.15, -0.1) is 15.3 Å². The quantitative estimate of drug-likeness (QED) is 0.512.